The molecule has 2 rings (SSSR count). The lowest BCUT2D eigenvalue weighted by molar-refractivity contribution is -0.156. The van der Waals surface area contributed by atoms with E-state index in [1.807, 2.05) is 0 Å². The highest BCUT2D eigenvalue weighted by Crippen LogP contribution is 2.46. The lowest BCUT2D eigenvalue weighted by atomic mass is 9.97. The molecule has 0 radical (unpaired) electrons. The Balaban J connectivity index is 1.81. The fraction of sp³-hybridized carbons (Fsp3) is 0.909. The summed E-state index contributed by atoms with van der Waals surface area (Å²) in [5.41, 5.74) is 5.29. The summed E-state index contributed by atoms with van der Waals surface area (Å²) < 4.78 is 5.49. The van der Waals surface area contributed by atoms with Gasteiger partial charge in [-0.25, -0.2) is 0 Å². The standard InChI is InChI=1S/C11H19NO2/c12-8-11(6-7-11)10(13)14-9-4-2-1-3-5-9/h9H,1-8,12H2. The van der Waals surface area contributed by atoms with E-state index in [1.54, 1.807) is 0 Å². The number of carbonyl (C=O) groups is 1. The molecular formula is C11H19NO2. The third kappa shape index (κ3) is 1.92. The first-order valence-electron chi connectivity index (χ1n) is 5.68. The van der Waals surface area contributed by atoms with Gasteiger partial charge in [-0.05, 0) is 38.5 Å². The normalized spacial score (nSPS) is 25.8. The smallest absolute Gasteiger partial charge is 0.313 e. The van der Waals surface area contributed by atoms with Crippen LogP contribution in [0.15, 0.2) is 0 Å². The lowest BCUT2D eigenvalue weighted by Crippen LogP contribution is -2.31. The average molecular weight is 197 g/mol. The zero-order chi connectivity index (χ0) is 10.0. The molecule has 3 nitrogen and oxygen atoms in total. The molecule has 0 aromatic heterocycles. The zero-order valence-electron chi connectivity index (χ0n) is 8.63. The van der Waals surface area contributed by atoms with Crippen molar-refractivity contribution in [1.82, 2.24) is 0 Å². The average Bonchev–Trinajstić information content (AvgIpc) is 3.00. The van der Waals surface area contributed by atoms with Gasteiger partial charge >= 0.3 is 5.97 Å². The Hall–Kier alpha value is -0.570. The molecule has 3 heteroatoms. The van der Waals surface area contributed by atoms with E-state index < -0.39 is 0 Å². The first-order chi connectivity index (χ1) is 6.77. The van der Waals surface area contributed by atoms with Gasteiger partial charge in [0.15, 0.2) is 0 Å². The quantitative estimate of drug-likeness (QED) is 0.699. The zero-order valence-corrected chi connectivity index (χ0v) is 8.63. The van der Waals surface area contributed by atoms with Crippen molar-refractivity contribution in [1.29, 1.82) is 0 Å². The molecule has 0 bridgehead atoms. The van der Waals surface area contributed by atoms with Gasteiger partial charge in [0, 0.05) is 6.54 Å². The second-order valence-electron chi connectivity index (χ2n) is 4.65. The van der Waals surface area contributed by atoms with Gasteiger partial charge in [-0.2, -0.15) is 0 Å². The van der Waals surface area contributed by atoms with Gasteiger partial charge in [0.1, 0.15) is 6.10 Å². The number of carbonyl (C=O) groups excluding carboxylic acids is 1. The van der Waals surface area contributed by atoms with Crippen molar-refractivity contribution in [2.24, 2.45) is 11.1 Å². The third-order valence-electron chi connectivity index (χ3n) is 3.50. The van der Waals surface area contributed by atoms with Crippen LogP contribution in [0.4, 0.5) is 0 Å². The van der Waals surface area contributed by atoms with Gasteiger partial charge in [0.05, 0.1) is 5.41 Å². The number of hydrogen-bond donors (Lipinski definition) is 1. The Morgan fingerprint density at radius 1 is 1.29 bits per heavy atom. The van der Waals surface area contributed by atoms with Gasteiger partial charge < -0.3 is 10.5 Å². The highest BCUT2D eigenvalue weighted by atomic mass is 16.5. The number of esters is 1. The molecule has 0 atom stereocenters. The van der Waals surface area contributed by atoms with Crippen molar-refractivity contribution in [3.8, 4) is 0 Å². The van der Waals surface area contributed by atoms with Crippen LogP contribution in [0, 0.1) is 5.41 Å². The van der Waals surface area contributed by atoms with Crippen molar-refractivity contribution >= 4 is 5.97 Å². The molecule has 0 aromatic rings. The summed E-state index contributed by atoms with van der Waals surface area (Å²) in [6.07, 6.45) is 7.82. The number of rotatable bonds is 3. The van der Waals surface area contributed by atoms with E-state index in [-0.39, 0.29) is 17.5 Å². The minimum absolute atomic E-state index is 0.0353. The molecule has 2 saturated carbocycles. The highest BCUT2D eigenvalue weighted by Gasteiger charge is 2.50. The molecule has 0 heterocycles. The van der Waals surface area contributed by atoms with E-state index in [9.17, 15) is 4.79 Å². The molecule has 0 aliphatic heterocycles. The number of nitrogens with two attached hydrogens (primary N) is 1. The first-order valence-corrected chi connectivity index (χ1v) is 5.68. The Morgan fingerprint density at radius 2 is 1.93 bits per heavy atom. The topological polar surface area (TPSA) is 52.3 Å². The lowest BCUT2D eigenvalue weighted by Gasteiger charge is -2.24. The maximum Gasteiger partial charge on any atom is 0.313 e. The molecule has 2 fully saturated rings. The highest BCUT2D eigenvalue weighted by molar-refractivity contribution is 5.80. The summed E-state index contributed by atoms with van der Waals surface area (Å²) in [4.78, 5) is 11.7. The summed E-state index contributed by atoms with van der Waals surface area (Å²) in [6.45, 7) is 0.457. The molecule has 0 amide bonds. The Labute approximate surface area is 85.0 Å². The minimum atomic E-state index is -0.280. The van der Waals surface area contributed by atoms with Crippen molar-refractivity contribution in [2.45, 2.75) is 51.0 Å². The predicted molar refractivity (Wildman–Crippen MR) is 53.7 cm³/mol. The maximum absolute atomic E-state index is 11.7. The van der Waals surface area contributed by atoms with Crippen LogP contribution in [-0.2, 0) is 9.53 Å². The fourth-order valence-electron chi connectivity index (χ4n) is 2.10. The molecule has 0 aromatic carbocycles. The monoisotopic (exact) mass is 197 g/mol. The molecule has 2 aliphatic carbocycles. The second-order valence-corrected chi connectivity index (χ2v) is 4.65. The summed E-state index contributed by atoms with van der Waals surface area (Å²) in [5.74, 6) is -0.0353. The van der Waals surface area contributed by atoms with Gasteiger partial charge in [0.25, 0.3) is 0 Å². The van der Waals surface area contributed by atoms with Crippen LogP contribution < -0.4 is 5.73 Å². The van der Waals surface area contributed by atoms with Crippen molar-refractivity contribution in [3.05, 3.63) is 0 Å². The van der Waals surface area contributed by atoms with Crippen molar-refractivity contribution in [3.63, 3.8) is 0 Å². The SMILES string of the molecule is NCC1(C(=O)OC2CCCCC2)CC1. The summed E-state index contributed by atoms with van der Waals surface area (Å²) in [7, 11) is 0. The molecule has 0 unspecified atom stereocenters. The Morgan fingerprint density at radius 3 is 2.43 bits per heavy atom. The van der Waals surface area contributed by atoms with Gasteiger partial charge in [-0.1, -0.05) is 6.42 Å². The van der Waals surface area contributed by atoms with E-state index in [4.69, 9.17) is 10.5 Å². The second kappa shape index (κ2) is 3.89. The largest absolute Gasteiger partial charge is 0.462 e. The van der Waals surface area contributed by atoms with E-state index in [0.717, 1.165) is 25.7 Å². The molecule has 80 valence electrons. The van der Waals surface area contributed by atoms with E-state index >= 15 is 0 Å². The fourth-order valence-corrected chi connectivity index (χ4v) is 2.10. The molecule has 0 saturated heterocycles. The van der Waals surface area contributed by atoms with Gasteiger partial charge in [0.2, 0.25) is 0 Å². The van der Waals surface area contributed by atoms with Crippen LogP contribution in [0.1, 0.15) is 44.9 Å². The first kappa shape index (κ1) is 9.97. The third-order valence-corrected chi connectivity index (χ3v) is 3.50. The Bertz CT molecular complexity index is 217. The van der Waals surface area contributed by atoms with Crippen LogP contribution in [0.3, 0.4) is 0 Å². The summed E-state index contributed by atoms with van der Waals surface area (Å²) in [5, 5.41) is 0. The van der Waals surface area contributed by atoms with E-state index in [2.05, 4.69) is 0 Å². The molecule has 14 heavy (non-hydrogen) atoms. The predicted octanol–water partition coefficient (Wildman–Crippen LogP) is 1.60. The molecule has 2 N–H and O–H groups in total. The van der Waals surface area contributed by atoms with Crippen molar-refractivity contribution in [2.75, 3.05) is 6.54 Å². The molecule has 2 aliphatic rings. The van der Waals surface area contributed by atoms with Gasteiger partial charge in [-0.15, -0.1) is 0 Å². The maximum atomic E-state index is 11.7. The van der Waals surface area contributed by atoms with Crippen LogP contribution in [0.25, 0.3) is 0 Å². The number of hydrogen-bond acceptors (Lipinski definition) is 3. The minimum Gasteiger partial charge on any atom is -0.462 e. The van der Waals surface area contributed by atoms with Crippen LogP contribution in [0.5, 0.6) is 0 Å². The number of ether oxygens (including phenoxy) is 1. The van der Waals surface area contributed by atoms with E-state index in [1.165, 1.54) is 19.3 Å². The molecule has 0 spiro atoms. The van der Waals surface area contributed by atoms with Crippen molar-refractivity contribution < 1.29 is 9.53 Å². The van der Waals surface area contributed by atoms with Crippen LogP contribution >= 0.6 is 0 Å². The summed E-state index contributed by atoms with van der Waals surface area (Å²) in [6, 6.07) is 0. The summed E-state index contributed by atoms with van der Waals surface area (Å²) >= 11 is 0. The van der Waals surface area contributed by atoms with E-state index in [0.29, 0.717) is 6.54 Å². The molecular weight excluding hydrogens is 178 g/mol. The van der Waals surface area contributed by atoms with Gasteiger partial charge in [-0.3, -0.25) is 4.79 Å². The van der Waals surface area contributed by atoms with Crippen LogP contribution in [-0.4, -0.2) is 18.6 Å². The Kier molecular flexibility index (Phi) is 2.77. The van der Waals surface area contributed by atoms with Crippen LogP contribution in [0.2, 0.25) is 0 Å².